The number of nitrogens with zero attached hydrogens (tertiary/aromatic N) is 4. The van der Waals surface area contributed by atoms with Gasteiger partial charge in [0.25, 0.3) is 0 Å². The molecule has 2 aliphatic heterocycles. The molecule has 3 aromatic rings. The summed E-state index contributed by atoms with van der Waals surface area (Å²) in [5.41, 5.74) is 3.21. The number of ether oxygens (including phenoxy) is 2. The fraction of sp³-hybridized carbons (Fsp3) is 0.455. The van der Waals surface area contributed by atoms with Crippen LogP contribution in [-0.4, -0.2) is 33.2 Å². The lowest BCUT2D eigenvalue weighted by molar-refractivity contribution is 0.174. The minimum atomic E-state index is 0.258. The van der Waals surface area contributed by atoms with Crippen LogP contribution in [0.5, 0.6) is 11.5 Å². The van der Waals surface area contributed by atoms with Crippen molar-refractivity contribution < 1.29 is 14.0 Å². The van der Waals surface area contributed by atoms with Gasteiger partial charge in [-0.15, -0.1) is 0 Å². The predicted molar refractivity (Wildman–Crippen MR) is 108 cm³/mol. The van der Waals surface area contributed by atoms with Gasteiger partial charge in [0.1, 0.15) is 5.69 Å². The van der Waals surface area contributed by atoms with Crippen molar-refractivity contribution in [3.8, 4) is 22.8 Å². The van der Waals surface area contributed by atoms with Crippen LogP contribution in [0.15, 0.2) is 41.2 Å². The fourth-order valence-corrected chi connectivity index (χ4v) is 4.22. The third kappa shape index (κ3) is 3.74. The van der Waals surface area contributed by atoms with E-state index >= 15 is 0 Å². The molecule has 0 N–H and O–H groups in total. The van der Waals surface area contributed by atoms with Gasteiger partial charge in [0.05, 0.1) is 12.2 Å². The average Bonchev–Trinajstić information content (AvgIpc) is 3.47. The van der Waals surface area contributed by atoms with Gasteiger partial charge >= 0.3 is 0 Å². The van der Waals surface area contributed by atoms with E-state index in [1.54, 1.807) is 0 Å². The molecule has 0 spiro atoms. The Kier molecular flexibility index (Phi) is 4.97. The summed E-state index contributed by atoms with van der Waals surface area (Å²) in [4.78, 5) is 2.52. The van der Waals surface area contributed by atoms with Gasteiger partial charge in [-0.1, -0.05) is 18.0 Å². The number of hydrogen-bond donors (Lipinski definition) is 0. The smallest absolute Gasteiger partial charge is 0.231 e. The number of rotatable bonds is 5. The topological polar surface area (TPSA) is 65.5 Å². The summed E-state index contributed by atoms with van der Waals surface area (Å²) < 4.78 is 18.6. The van der Waals surface area contributed by atoms with Gasteiger partial charge in [0.15, 0.2) is 17.3 Å². The van der Waals surface area contributed by atoms with Crippen LogP contribution in [-0.2, 0) is 13.1 Å². The highest BCUT2D eigenvalue weighted by atomic mass is 16.7. The molecule has 0 aliphatic carbocycles. The minimum Gasteiger partial charge on any atom is -0.454 e. The summed E-state index contributed by atoms with van der Waals surface area (Å²) in [5, 5.41) is 8.88. The quantitative estimate of drug-likeness (QED) is 0.639. The molecule has 1 aromatic carbocycles. The van der Waals surface area contributed by atoms with Crippen LogP contribution < -0.4 is 9.47 Å². The Morgan fingerprint density at radius 2 is 2.03 bits per heavy atom. The number of likely N-dealkylation sites (tertiary alicyclic amines) is 1. The number of benzene rings is 1. The molecule has 0 unspecified atom stereocenters. The molecule has 2 aromatic heterocycles. The van der Waals surface area contributed by atoms with Gasteiger partial charge in [-0.2, -0.15) is 5.10 Å². The highest BCUT2D eigenvalue weighted by molar-refractivity contribution is 5.63. The molecule has 0 radical (unpaired) electrons. The molecule has 0 amide bonds. The van der Waals surface area contributed by atoms with Crippen molar-refractivity contribution >= 4 is 0 Å². The molecular formula is C22H26N4O3. The van der Waals surface area contributed by atoms with E-state index in [2.05, 4.69) is 34.3 Å². The average molecular weight is 394 g/mol. The van der Waals surface area contributed by atoms with Crippen molar-refractivity contribution in [3.05, 3.63) is 47.9 Å². The van der Waals surface area contributed by atoms with Crippen molar-refractivity contribution in [2.45, 2.75) is 51.7 Å². The Labute approximate surface area is 170 Å². The van der Waals surface area contributed by atoms with Crippen molar-refractivity contribution in [3.63, 3.8) is 0 Å². The first kappa shape index (κ1) is 18.2. The van der Waals surface area contributed by atoms with Gasteiger partial charge in [-0.25, -0.2) is 0 Å². The van der Waals surface area contributed by atoms with Gasteiger partial charge in [0, 0.05) is 36.5 Å². The van der Waals surface area contributed by atoms with Crippen molar-refractivity contribution in [2.75, 3.05) is 13.3 Å². The van der Waals surface area contributed by atoms with Crippen LogP contribution in [0, 0.1) is 0 Å². The van der Waals surface area contributed by atoms with Crippen LogP contribution >= 0.6 is 0 Å². The zero-order chi connectivity index (χ0) is 19.6. The minimum absolute atomic E-state index is 0.258. The van der Waals surface area contributed by atoms with Crippen molar-refractivity contribution in [2.24, 2.45) is 0 Å². The molecule has 5 rings (SSSR count). The maximum absolute atomic E-state index is 5.74. The predicted octanol–water partition coefficient (Wildman–Crippen LogP) is 4.40. The fourth-order valence-electron chi connectivity index (χ4n) is 4.22. The molecule has 0 bridgehead atoms. The lowest BCUT2D eigenvalue weighted by atomic mass is 10.0. The summed E-state index contributed by atoms with van der Waals surface area (Å²) in [6.07, 6.45) is 8.89. The molecule has 7 heteroatoms. The van der Waals surface area contributed by atoms with E-state index in [0.29, 0.717) is 0 Å². The maximum atomic E-state index is 5.74. The maximum Gasteiger partial charge on any atom is 0.231 e. The summed E-state index contributed by atoms with van der Waals surface area (Å²) in [6, 6.07) is 8.20. The highest BCUT2D eigenvalue weighted by Crippen LogP contribution is 2.37. The molecular weight excluding hydrogens is 368 g/mol. The van der Waals surface area contributed by atoms with E-state index in [9.17, 15) is 0 Å². The van der Waals surface area contributed by atoms with E-state index < -0.39 is 0 Å². The lowest BCUT2D eigenvalue weighted by Crippen LogP contribution is -2.28. The Morgan fingerprint density at radius 3 is 2.93 bits per heavy atom. The van der Waals surface area contributed by atoms with E-state index in [0.717, 1.165) is 54.6 Å². The van der Waals surface area contributed by atoms with Gasteiger partial charge in [0.2, 0.25) is 6.79 Å². The van der Waals surface area contributed by atoms with Gasteiger partial charge in [-0.05, 0) is 44.5 Å². The monoisotopic (exact) mass is 394 g/mol. The zero-order valence-corrected chi connectivity index (χ0v) is 16.7. The number of fused-ring (bicyclic) bond motifs is 1. The Bertz CT molecular complexity index is 980. The van der Waals surface area contributed by atoms with Gasteiger partial charge < -0.3 is 14.0 Å². The second kappa shape index (κ2) is 7.91. The summed E-state index contributed by atoms with van der Waals surface area (Å²) in [7, 11) is 0. The Balaban J connectivity index is 1.38. The molecule has 0 saturated carbocycles. The summed E-state index contributed by atoms with van der Waals surface area (Å²) in [6.45, 7) is 5.22. The third-order valence-electron chi connectivity index (χ3n) is 5.79. The summed E-state index contributed by atoms with van der Waals surface area (Å²) >= 11 is 0. The normalized spacial score (nSPS) is 19.4. The van der Waals surface area contributed by atoms with Crippen LogP contribution in [0.2, 0.25) is 0 Å². The number of hydrogen-bond acceptors (Lipinski definition) is 6. The van der Waals surface area contributed by atoms with E-state index in [-0.39, 0.29) is 12.8 Å². The Morgan fingerprint density at radius 1 is 1.10 bits per heavy atom. The molecule has 29 heavy (non-hydrogen) atoms. The first-order valence-corrected chi connectivity index (χ1v) is 10.4. The van der Waals surface area contributed by atoms with E-state index in [4.69, 9.17) is 14.0 Å². The number of aromatic nitrogens is 3. The first-order valence-electron chi connectivity index (χ1n) is 10.4. The summed E-state index contributed by atoms with van der Waals surface area (Å²) in [5.74, 6) is 2.29. The first-order chi connectivity index (χ1) is 14.3. The molecule has 4 heterocycles. The largest absolute Gasteiger partial charge is 0.454 e. The lowest BCUT2D eigenvalue weighted by Gasteiger charge is -2.27. The zero-order valence-electron chi connectivity index (χ0n) is 16.7. The van der Waals surface area contributed by atoms with Gasteiger partial charge in [-0.3, -0.25) is 9.58 Å². The third-order valence-corrected chi connectivity index (χ3v) is 5.79. The molecule has 7 nitrogen and oxygen atoms in total. The SMILES string of the molecule is CCn1cc(CN2CCCCC[C@H]2c2cc(-c3ccc4c(c3)OCO4)on2)cn1. The molecule has 2 aliphatic rings. The second-order valence-electron chi connectivity index (χ2n) is 7.72. The Hall–Kier alpha value is -2.80. The molecule has 1 fully saturated rings. The van der Waals surface area contributed by atoms with E-state index in [1.165, 1.54) is 24.8 Å². The molecule has 1 atom stereocenters. The molecule has 1 saturated heterocycles. The van der Waals surface area contributed by atoms with Crippen LogP contribution in [0.3, 0.4) is 0 Å². The standard InChI is InChI=1S/C22H26N4O3/c1-2-26-14-16(12-23-26)13-25-9-5-3-4-6-19(25)18-11-21(29-24-18)17-7-8-20-22(10-17)28-15-27-20/h7-8,10-12,14,19H,2-6,9,13,15H2,1H3/t19-/m0/s1. The van der Waals surface area contributed by atoms with Crippen molar-refractivity contribution in [1.82, 2.24) is 19.8 Å². The van der Waals surface area contributed by atoms with Crippen LogP contribution in [0.1, 0.15) is 49.9 Å². The molecule has 152 valence electrons. The highest BCUT2D eigenvalue weighted by Gasteiger charge is 2.26. The van der Waals surface area contributed by atoms with E-state index in [1.807, 2.05) is 29.1 Å². The van der Waals surface area contributed by atoms with Crippen molar-refractivity contribution in [1.29, 1.82) is 0 Å². The van der Waals surface area contributed by atoms with Crippen LogP contribution in [0.25, 0.3) is 11.3 Å². The van der Waals surface area contributed by atoms with Crippen LogP contribution in [0.4, 0.5) is 0 Å². The second-order valence-corrected chi connectivity index (χ2v) is 7.72. The number of aryl methyl sites for hydroxylation is 1.